The quantitative estimate of drug-likeness (QED) is 0.750. The Morgan fingerprint density at radius 3 is 2.53 bits per heavy atom. The number of carboxylic acid groups (broad SMARTS) is 1. The first-order valence-corrected chi connectivity index (χ1v) is 5.64. The highest BCUT2D eigenvalue weighted by molar-refractivity contribution is 7.71. The van der Waals surface area contributed by atoms with Crippen LogP contribution in [0.5, 0.6) is 0 Å². The minimum atomic E-state index is -1.03. The summed E-state index contributed by atoms with van der Waals surface area (Å²) in [6.45, 7) is 0. The van der Waals surface area contributed by atoms with Gasteiger partial charge in [-0.1, -0.05) is 23.7 Å². The number of carboxylic acids is 1. The average Bonchev–Trinajstić information content (AvgIpc) is 2.63. The number of benzene rings is 1. The number of carbonyl (C=O) groups is 1. The van der Waals surface area contributed by atoms with Gasteiger partial charge in [0.15, 0.2) is 4.77 Å². The second-order valence-corrected chi connectivity index (χ2v) is 4.39. The lowest BCUT2D eigenvalue weighted by molar-refractivity contribution is 0.0690. The van der Waals surface area contributed by atoms with Crippen molar-refractivity contribution in [3.63, 3.8) is 0 Å². The zero-order valence-corrected chi connectivity index (χ0v) is 10.2. The van der Waals surface area contributed by atoms with Gasteiger partial charge in [-0.2, -0.15) is 0 Å². The lowest BCUT2D eigenvalue weighted by Gasteiger charge is -2.00. The van der Waals surface area contributed by atoms with E-state index in [2.05, 4.69) is 9.97 Å². The summed E-state index contributed by atoms with van der Waals surface area (Å²) in [5.74, 6) is -1.03. The number of imidazole rings is 1. The Bertz CT molecular complexity index is 601. The molecule has 3 N–H and O–H groups in total. The van der Waals surface area contributed by atoms with E-state index in [1.807, 2.05) is 12.1 Å². The van der Waals surface area contributed by atoms with E-state index in [0.717, 1.165) is 5.56 Å². The van der Waals surface area contributed by atoms with Crippen molar-refractivity contribution in [2.45, 2.75) is 6.42 Å². The highest BCUT2D eigenvalue weighted by Crippen LogP contribution is 2.14. The van der Waals surface area contributed by atoms with Gasteiger partial charge in [-0.3, -0.25) is 0 Å². The van der Waals surface area contributed by atoms with Crippen LogP contribution in [-0.4, -0.2) is 21.0 Å². The van der Waals surface area contributed by atoms with Crippen molar-refractivity contribution in [3.8, 4) is 0 Å². The van der Waals surface area contributed by atoms with E-state index >= 15 is 0 Å². The van der Waals surface area contributed by atoms with Gasteiger partial charge in [0.2, 0.25) is 0 Å². The van der Waals surface area contributed by atoms with Crippen LogP contribution in [0.3, 0.4) is 0 Å². The third kappa shape index (κ3) is 2.75. The van der Waals surface area contributed by atoms with Crippen LogP contribution in [0.25, 0.3) is 0 Å². The summed E-state index contributed by atoms with van der Waals surface area (Å²) in [4.78, 5) is 16.4. The lowest BCUT2D eigenvalue weighted by atomic mass is 10.1. The Morgan fingerprint density at radius 1 is 1.29 bits per heavy atom. The van der Waals surface area contributed by atoms with Crippen LogP contribution in [0.4, 0.5) is 0 Å². The molecule has 17 heavy (non-hydrogen) atoms. The molecule has 0 atom stereocenters. The fourth-order valence-electron chi connectivity index (χ4n) is 1.54. The minimum Gasteiger partial charge on any atom is -0.477 e. The molecule has 2 rings (SSSR count). The highest BCUT2D eigenvalue weighted by Gasteiger charge is 2.13. The van der Waals surface area contributed by atoms with Crippen molar-refractivity contribution in [2.24, 2.45) is 0 Å². The van der Waals surface area contributed by atoms with Crippen molar-refractivity contribution in [1.29, 1.82) is 0 Å². The van der Waals surface area contributed by atoms with Crippen molar-refractivity contribution >= 4 is 29.8 Å². The molecule has 0 radical (unpaired) electrons. The zero-order chi connectivity index (χ0) is 12.4. The van der Waals surface area contributed by atoms with Crippen molar-refractivity contribution < 1.29 is 9.90 Å². The molecule has 0 saturated carbocycles. The van der Waals surface area contributed by atoms with Gasteiger partial charge in [-0.05, 0) is 29.9 Å². The number of halogens is 1. The molecular weight excluding hydrogens is 260 g/mol. The number of aromatic amines is 2. The topological polar surface area (TPSA) is 68.9 Å². The molecule has 0 fully saturated rings. The van der Waals surface area contributed by atoms with Gasteiger partial charge >= 0.3 is 5.97 Å². The zero-order valence-electron chi connectivity index (χ0n) is 8.66. The standard InChI is InChI=1S/C11H9ClN2O2S/c12-7-3-1-6(2-4-7)5-8-9(10(15)16)14-11(17)13-8/h1-4H,5H2,(H,15,16)(H2,13,14,17). The minimum absolute atomic E-state index is 0.102. The first-order valence-electron chi connectivity index (χ1n) is 4.85. The highest BCUT2D eigenvalue weighted by atomic mass is 35.5. The van der Waals surface area contributed by atoms with Gasteiger partial charge in [0.25, 0.3) is 0 Å². The predicted octanol–water partition coefficient (Wildman–Crippen LogP) is 3.01. The molecule has 1 heterocycles. The van der Waals surface area contributed by atoms with Gasteiger partial charge in [0, 0.05) is 11.4 Å². The van der Waals surface area contributed by atoms with Crippen molar-refractivity contribution in [1.82, 2.24) is 9.97 Å². The maximum Gasteiger partial charge on any atom is 0.354 e. The first kappa shape index (κ1) is 11.9. The smallest absolute Gasteiger partial charge is 0.354 e. The van der Waals surface area contributed by atoms with E-state index in [-0.39, 0.29) is 5.69 Å². The maximum absolute atomic E-state index is 11.0. The molecule has 4 nitrogen and oxygen atoms in total. The number of H-pyrrole nitrogens is 2. The Labute approximate surface area is 107 Å². The van der Waals surface area contributed by atoms with Gasteiger partial charge in [-0.25, -0.2) is 4.79 Å². The summed E-state index contributed by atoms with van der Waals surface area (Å²) < 4.78 is 0.311. The predicted molar refractivity (Wildman–Crippen MR) is 67.2 cm³/mol. The first-order chi connectivity index (χ1) is 8.06. The Kier molecular flexibility index (Phi) is 3.31. The van der Waals surface area contributed by atoms with Crippen molar-refractivity contribution in [2.75, 3.05) is 0 Å². The van der Waals surface area contributed by atoms with Gasteiger partial charge < -0.3 is 15.1 Å². The van der Waals surface area contributed by atoms with E-state index in [0.29, 0.717) is 21.9 Å². The van der Waals surface area contributed by atoms with Crippen molar-refractivity contribution in [3.05, 3.63) is 51.0 Å². The lowest BCUT2D eigenvalue weighted by Crippen LogP contribution is -2.02. The van der Waals surface area contributed by atoms with Gasteiger partial charge in [0.05, 0.1) is 5.69 Å². The SMILES string of the molecule is O=C(O)c1[nH]c(=S)[nH]c1Cc1ccc(Cl)cc1. The number of nitrogens with one attached hydrogen (secondary N) is 2. The number of hydrogen-bond donors (Lipinski definition) is 3. The summed E-state index contributed by atoms with van der Waals surface area (Å²) in [7, 11) is 0. The van der Waals surface area contributed by atoms with E-state index in [9.17, 15) is 4.79 Å². The molecule has 0 aliphatic carbocycles. The second kappa shape index (κ2) is 4.73. The number of aromatic carboxylic acids is 1. The second-order valence-electron chi connectivity index (χ2n) is 3.54. The van der Waals surface area contributed by atoms with Gasteiger partial charge in [0.1, 0.15) is 5.69 Å². The van der Waals surface area contributed by atoms with E-state index in [1.165, 1.54) is 0 Å². The van der Waals surface area contributed by atoms with E-state index in [4.69, 9.17) is 28.9 Å². The van der Waals surface area contributed by atoms with E-state index in [1.54, 1.807) is 12.1 Å². The molecule has 0 saturated heterocycles. The summed E-state index contributed by atoms with van der Waals surface area (Å²) in [5.41, 5.74) is 1.62. The molecule has 0 aliphatic heterocycles. The van der Waals surface area contributed by atoms with E-state index < -0.39 is 5.97 Å². The van der Waals surface area contributed by atoms with Crippen LogP contribution in [0, 0.1) is 4.77 Å². The summed E-state index contributed by atoms with van der Waals surface area (Å²) in [5, 5.41) is 9.63. The molecular formula is C11H9ClN2O2S. The molecule has 0 unspecified atom stereocenters. The molecule has 0 bridgehead atoms. The molecule has 1 aromatic carbocycles. The van der Waals surface area contributed by atoms with Crippen LogP contribution in [-0.2, 0) is 6.42 Å². The number of aromatic nitrogens is 2. The maximum atomic E-state index is 11.0. The fourth-order valence-corrected chi connectivity index (χ4v) is 1.89. The third-order valence-electron chi connectivity index (χ3n) is 2.31. The Balaban J connectivity index is 2.32. The molecule has 0 spiro atoms. The normalized spacial score (nSPS) is 10.4. The molecule has 0 amide bonds. The molecule has 88 valence electrons. The third-order valence-corrected chi connectivity index (χ3v) is 2.77. The van der Waals surface area contributed by atoms with Gasteiger partial charge in [-0.15, -0.1) is 0 Å². The van der Waals surface area contributed by atoms with Crippen LogP contribution < -0.4 is 0 Å². The molecule has 2 aromatic rings. The van der Waals surface area contributed by atoms with Crippen LogP contribution in [0.1, 0.15) is 21.7 Å². The number of rotatable bonds is 3. The Morgan fingerprint density at radius 2 is 1.94 bits per heavy atom. The molecule has 6 heteroatoms. The average molecular weight is 269 g/mol. The molecule has 1 aromatic heterocycles. The van der Waals surface area contributed by atoms with Crippen LogP contribution in [0.2, 0.25) is 5.02 Å². The fraction of sp³-hybridized carbons (Fsp3) is 0.0909. The summed E-state index contributed by atoms with van der Waals surface area (Å²) in [6, 6.07) is 7.22. The molecule has 0 aliphatic rings. The summed E-state index contributed by atoms with van der Waals surface area (Å²) in [6.07, 6.45) is 0.464. The monoisotopic (exact) mass is 268 g/mol. The Hall–Kier alpha value is -1.59. The number of hydrogen-bond acceptors (Lipinski definition) is 2. The summed E-state index contributed by atoms with van der Waals surface area (Å²) >= 11 is 10.7. The van der Waals surface area contributed by atoms with Crippen LogP contribution in [0.15, 0.2) is 24.3 Å². The van der Waals surface area contributed by atoms with Crippen LogP contribution >= 0.6 is 23.8 Å². The largest absolute Gasteiger partial charge is 0.477 e.